The molecule has 0 aliphatic carbocycles. The fourth-order valence-corrected chi connectivity index (χ4v) is 2.81. The molecule has 0 bridgehead atoms. The molecule has 126 valence electrons. The Morgan fingerprint density at radius 1 is 1.04 bits per heavy atom. The zero-order valence-electron chi connectivity index (χ0n) is 12.8. The van der Waals surface area contributed by atoms with Crippen molar-refractivity contribution in [3.63, 3.8) is 0 Å². The topological polar surface area (TPSA) is 42.2 Å². The van der Waals surface area contributed by atoms with Crippen LogP contribution in [-0.2, 0) is 4.79 Å². The van der Waals surface area contributed by atoms with Crippen molar-refractivity contribution in [2.24, 2.45) is 0 Å². The summed E-state index contributed by atoms with van der Waals surface area (Å²) < 4.78 is 6.65. The van der Waals surface area contributed by atoms with E-state index in [1.165, 1.54) is 6.08 Å². The SMILES string of the molecule is O=C(C=Cc1ccc(-c2cccc(Cl)c2Cl)o1)Nc1ccc(Br)cc1. The van der Waals surface area contributed by atoms with Gasteiger partial charge in [0.25, 0.3) is 0 Å². The van der Waals surface area contributed by atoms with Crippen LogP contribution in [0.3, 0.4) is 0 Å². The summed E-state index contributed by atoms with van der Waals surface area (Å²) in [5, 5.41) is 3.66. The van der Waals surface area contributed by atoms with Gasteiger partial charge in [0.2, 0.25) is 5.91 Å². The van der Waals surface area contributed by atoms with Gasteiger partial charge in [-0.15, -0.1) is 0 Å². The molecule has 1 heterocycles. The first kappa shape index (κ1) is 17.8. The molecule has 0 radical (unpaired) electrons. The maximum atomic E-state index is 12.0. The van der Waals surface area contributed by atoms with E-state index in [9.17, 15) is 4.79 Å². The summed E-state index contributed by atoms with van der Waals surface area (Å²) in [5.41, 5.74) is 1.41. The van der Waals surface area contributed by atoms with E-state index in [0.29, 0.717) is 32.8 Å². The lowest BCUT2D eigenvalue weighted by molar-refractivity contribution is -0.111. The summed E-state index contributed by atoms with van der Waals surface area (Å²) in [6, 6.07) is 16.2. The van der Waals surface area contributed by atoms with Crippen LogP contribution in [0.1, 0.15) is 5.76 Å². The van der Waals surface area contributed by atoms with Gasteiger partial charge in [-0.1, -0.05) is 45.2 Å². The van der Waals surface area contributed by atoms with Crippen molar-refractivity contribution in [1.82, 2.24) is 0 Å². The Bertz CT molecular complexity index is 933. The van der Waals surface area contributed by atoms with Gasteiger partial charge in [0.1, 0.15) is 11.5 Å². The molecule has 3 aromatic rings. The second-order valence-corrected chi connectivity index (χ2v) is 6.83. The lowest BCUT2D eigenvalue weighted by Crippen LogP contribution is -2.07. The second kappa shape index (κ2) is 7.91. The number of rotatable bonds is 4. The number of anilines is 1. The van der Waals surface area contributed by atoms with Crippen LogP contribution in [0, 0.1) is 0 Å². The van der Waals surface area contributed by atoms with Gasteiger partial charge in [0.15, 0.2) is 0 Å². The molecule has 0 saturated heterocycles. The van der Waals surface area contributed by atoms with Crippen LogP contribution in [0.4, 0.5) is 5.69 Å². The third kappa shape index (κ3) is 4.54. The number of benzene rings is 2. The molecule has 0 unspecified atom stereocenters. The number of furan rings is 1. The Morgan fingerprint density at radius 3 is 2.56 bits per heavy atom. The monoisotopic (exact) mass is 435 g/mol. The maximum absolute atomic E-state index is 12.0. The van der Waals surface area contributed by atoms with Crippen LogP contribution in [0.15, 0.2) is 69.6 Å². The van der Waals surface area contributed by atoms with Gasteiger partial charge < -0.3 is 9.73 Å². The molecule has 3 nitrogen and oxygen atoms in total. The number of hydrogen-bond acceptors (Lipinski definition) is 2. The summed E-state index contributed by atoms with van der Waals surface area (Å²) in [6.45, 7) is 0. The maximum Gasteiger partial charge on any atom is 0.248 e. The van der Waals surface area contributed by atoms with E-state index in [2.05, 4.69) is 21.2 Å². The van der Waals surface area contributed by atoms with Crippen molar-refractivity contribution < 1.29 is 9.21 Å². The third-order valence-corrected chi connectivity index (χ3v) is 4.70. The largest absolute Gasteiger partial charge is 0.457 e. The lowest BCUT2D eigenvalue weighted by atomic mass is 10.2. The van der Waals surface area contributed by atoms with Gasteiger partial charge in [-0.25, -0.2) is 0 Å². The van der Waals surface area contributed by atoms with E-state index in [4.69, 9.17) is 27.6 Å². The first-order valence-corrected chi connectivity index (χ1v) is 8.86. The minimum atomic E-state index is -0.249. The van der Waals surface area contributed by atoms with Gasteiger partial charge >= 0.3 is 0 Å². The van der Waals surface area contributed by atoms with E-state index < -0.39 is 0 Å². The number of amides is 1. The quantitative estimate of drug-likeness (QED) is 0.464. The predicted molar refractivity (Wildman–Crippen MR) is 106 cm³/mol. The van der Waals surface area contributed by atoms with Crippen molar-refractivity contribution in [2.75, 3.05) is 5.32 Å². The average molecular weight is 437 g/mol. The molecule has 3 rings (SSSR count). The Labute approximate surface area is 163 Å². The van der Waals surface area contributed by atoms with E-state index >= 15 is 0 Å². The second-order valence-electron chi connectivity index (χ2n) is 5.13. The van der Waals surface area contributed by atoms with Crippen LogP contribution in [-0.4, -0.2) is 5.91 Å². The molecule has 1 amide bonds. The fourth-order valence-electron chi connectivity index (χ4n) is 2.16. The number of hydrogen-bond donors (Lipinski definition) is 1. The molecular weight excluding hydrogens is 425 g/mol. The van der Waals surface area contributed by atoms with Crippen molar-refractivity contribution in [3.8, 4) is 11.3 Å². The first-order valence-electron chi connectivity index (χ1n) is 7.32. The fraction of sp³-hybridized carbons (Fsp3) is 0. The molecule has 25 heavy (non-hydrogen) atoms. The highest BCUT2D eigenvalue weighted by Gasteiger charge is 2.10. The standard InChI is InChI=1S/C19H12BrCl2NO2/c20-12-4-6-13(7-5-12)23-18(24)11-9-14-8-10-17(25-14)15-2-1-3-16(21)19(15)22/h1-11H,(H,23,24). The minimum Gasteiger partial charge on any atom is -0.457 e. The Kier molecular flexibility index (Phi) is 5.63. The molecule has 0 atom stereocenters. The van der Waals surface area contributed by atoms with Gasteiger partial charge in [-0.2, -0.15) is 0 Å². The van der Waals surface area contributed by atoms with E-state index in [0.717, 1.165) is 4.47 Å². The summed E-state index contributed by atoms with van der Waals surface area (Å²) >= 11 is 15.6. The highest BCUT2D eigenvalue weighted by atomic mass is 79.9. The smallest absolute Gasteiger partial charge is 0.248 e. The third-order valence-electron chi connectivity index (χ3n) is 3.35. The first-order chi connectivity index (χ1) is 12.0. The molecule has 0 spiro atoms. The number of halogens is 3. The molecular formula is C19H12BrCl2NO2. The molecule has 1 aromatic heterocycles. The molecule has 0 aliphatic heterocycles. The van der Waals surface area contributed by atoms with Crippen LogP contribution in [0.25, 0.3) is 17.4 Å². The Hall–Kier alpha value is -2.01. The molecule has 0 fully saturated rings. The molecule has 1 N–H and O–H groups in total. The number of carbonyl (C=O) groups excluding carboxylic acids is 1. The summed E-state index contributed by atoms with van der Waals surface area (Å²) in [6.07, 6.45) is 3.00. The number of nitrogens with one attached hydrogen (secondary N) is 1. The predicted octanol–water partition coefficient (Wildman–Crippen LogP) is 6.67. The van der Waals surface area contributed by atoms with Crippen molar-refractivity contribution in [3.05, 3.63) is 81.0 Å². The van der Waals surface area contributed by atoms with E-state index in [1.807, 2.05) is 30.3 Å². The lowest BCUT2D eigenvalue weighted by Gasteiger charge is -2.02. The van der Waals surface area contributed by atoms with Crippen LogP contribution >= 0.6 is 39.1 Å². The van der Waals surface area contributed by atoms with Crippen molar-refractivity contribution in [2.45, 2.75) is 0 Å². The van der Waals surface area contributed by atoms with E-state index in [1.54, 1.807) is 30.3 Å². The molecule has 0 saturated carbocycles. The normalized spacial score (nSPS) is 11.0. The highest BCUT2D eigenvalue weighted by Crippen LogP contribution is 2.34. The van der Waals surface area contributed by atoms with Crippen LogP contribution in [0.5, 0.6) is 0 Å². The summed E-state index contributed by atoms with van der Waals surface area (Å²) in [7, 11) is 0. The van der Waals surface area contributed by atoms with Crippen molar-refractivity contribution >= 4 is 56.8 Å². The van der Waals surface area contributed by atoms with Gasteiger partial charge in [0.05, 0.1) is 10.0 Å². The van der Waals surface area contributed by atoms with Crippen molar-refractivity contribution in [1.29, 1.82) is 0 Å². The summed E-state index contributed by atoms with van der Waals surface area (Å²) in [4.78, 5) is 12.0. The summed E-state index contributed by atoms with van der Waals surface area (Å²) in [5.74, 6) is 0.874. The molecule has 6 heteroatoms. The van der Waals surface area contributed by atoms with Gasteiger partial charge in [0, 0.05) is 21.8 Å². The average Bonchev–Trinajstić information content (AvgIpc) is 3.06. The van der Waals surface area contributed by atoms with Crippen LogP contribution < -0.4 is 5.32 Å². The zero-order chi connectivity index (χ0) is 17.8. The van der Waals surface area contributed by atoms with Gasteiger partial charge in [-0.05, 0) is 54.6 Å². The van der Waals surface area contributed by atoms with Gasteiger partial charge in [-0.3, -0.25) is 4.79 Å². The Balaban J connectivity index is 1.70. The minimum absolute atomic E-state index is 0.249. The zero-order valence-corrected chi connectivity index (χ0v) is 15.9. The number of carbonyl (C=O) groups is 1. The van der Waals surface area contributed by atoms with Crippen LogP contribution in [0.2, 0.25) is 10.0 Å². The van der Waals surface area contributed by atoms with E-state index in [-0.39, 0.29) is 5.91 Å². The molecule has 2 aromatic carbocycles. The Morgan fingerprint density at radius 2 is 1.80 bits per heavy atom. The molecule has 0 aliphatic rings. The highest BCUT2D eigenvalue weighted by molar-refractivity contribution is 9.10.